The molecule has 0 bridgehead atoms. The van der Waals surface area contributed by atoms with Crippen LogP contribution in [0, 0.1) is 17.2 Å². The molecule has 0 aromatic heterocycles. The highest BCUT2D eigenvalue weighted by molar-refractivity contribution is 5.97. The van der Waals surface area contributed by atoms with E-state index < -0.39 is 0 Å². The van der Waals surface area contributed by atoms with E-state index in [0.29, 0.717) is 5.92 Å². The molecule has 1 amide bonds. The standard InChI is InChI=1S/C27H32N4O/c28-20-26(22-30-17-15-29(16-18-30)21-25-9-5-2-6-10-25)27(32)31-13-11-24(12-14-31)19-23-7-3-1-4-8-23/h1-10,22,24H,11-19,21H2/b26-22-. The third kappa shape index (κ3) is 5.99. The first-order valence-corrected chi connectivity index (χ1v) is 11.7. The van der Waals surface area contributed by atoms with E-state index in [0.717, 1.165) is 65.1 Å². The van der Waals surface area contributed by atoms with Gasteiger partial charge in [-0.25, -0.2) is 0 Å². The van der Waals surface area contributed by atoms with Gasteiger partial charge in [-0.05, 0) is 36.3 Å². The van der Waals surface area contributed by atoms with Crippen molar-refractivity contribution in [1.29, 1.82) is 5.26 Å². The Kier molecular flexibility index (Phi) is 7.58. The number of nitriles is 1. The van der Waals surface area contributed by atoms with Crippen LogP contribution in [0.15, 0.2) is 72.4 Å². The summed E-state index contributed by atoms with van der Waals surface area (Å²) >= 11 is 0. The molecule has 0 unspecified atom stereocenters. The molecule has 0 aliphatic carbocycles. The first-order chi connectivity index (χ1) is 15.7. The summed E-state index contributed by atoms with van der Waals surface area (Å²) in [5.41, 5.74) is 2.95. The van der Waals surface area contributed by atoms with Gasteiger partial charge in [0, 0.05) is 52.0 Å². The predicted octanol–water partition coefficient (Wildman–Crippen LogP) is 3.69. The Hall–Kier alpha value is -3.10. The molecule has 2 aliphatic rings. The second kappa shape index (κ2) is 11.0. The van der Waals surface area contributed by atoms with E-state index in [1.807, 2.05) is 17.0 Å². The van der Waals surface area contributed by atoms with Gasteiger partial charge in [0.2, 0.25) is 0 Å². The Balaban J connectivity index is 1.25. The number of piperazine rings is 1. The highest BCUT2D eigenvalue weighted by atomic mass is 16.2. The van der Waals surface area contributed by atoms with Crippen LogP contribution in [0.2, 0.25) is 0 Å². The minimum atomic E-state index is -0.114. The summed E-state index contributed by atoms with van der Waals surface area (Å²) < 4.78 is 0. The Morgan fingerprint density at radius 3 is 2.06 bits per heavy atom. The maximum absolute atomic E-state index is 13.0. The maximum atomic E-state index is 13.0. The second-order valence-electron chi connectivity index (χ2n) is 8.88. The van der Waals surface area contributed by atoms with E-state index in [-0.39, 0.29) is 11.5 Å². The van der Waals surface area contributed by atoms with E-state index in [4.69, 9.17) is 0 Å². The van der Waals surface area contributed by atoms with E-state index in [2.05, 4.69) is 64.4 Å². The lowest BCUT2D eigenvalue weighted by Gasteiger charge is -2.35. The molecule has 0 saturated carbocycles. The molecular weight excluding hydrogens is 396 g/mol. The summed E-state index contributed by atoms with van der Waals surface area (Å²) in [7, 11) is 0. The fourth-order valence-electron chi connectivity index (χ4n) is 4.66. The molecule has 0 N–H and O–H groups in total. The molecule has 2 saturated heterocycles. The molecule has 2 aromatic carbocycles. The van der Waals surface area contributed by atoms with E-state index >= 15 is 0 Å². The van der Waals surface area contributed by atoms with Crippen LogP contribution in [0.3, 0.4) is 0 Å². The van der Waals surface area contributed by atoms with Crippen LogP contribution < -0.4 is 0 Å². The highest BCUT2D eigenvalue weighted by Gasteiger charge is 2.26. The van der Waals surface area contributed by atoms with Crippen LogP contribution in [0.5, 0.6) is 0 Å². The molecule has 2 fully saturated rings. The minimum absolute atomic E-state index is 0.114. The third-order valence-corrected chi connectivity index (χ3v) is 6.59. The van der Waals surface area contributed by atoms with Crippen molar-refractivity contribution in [2.45, 2.75) is 25.8 Å². The van der Waals surface area contributed by atoms with Gasteiger partial charge in [-0.15, -0.1) is 0 Å². The topological polar surface area (TPSA) is 50.6 Å². The molecular formula is C27H32N4O. The molecule has 2 aliphatic heterocycles. The van der Waals surface area contributed by atoms with Crippen LogP contribution in [0.25, 0.3) is 0 Å². The number of rotatable bonds is 6. The van der Waals surface area contributed by atoms with Crippen LogP contribution in [-0.2, 0) is 17.8 Å². The Labute approximate surface area is 191 Å². The van der Waals surface area contributed by atoms with Gasteiger partial charge in [-0.3, -0.25) is 9.69 Å². The van der Waals surface area contributed by atoms with Crippen molar-refractivity contribution < 1.29 is 4.79 Å². The number of carbonyl (C=O) groups is 1. The fraction of sp³-hybridized carbons (Fsp3) is 0.407. The number of likely N-dealkylation sites (tertiary alicyclic amines) is 1. The Bertz CT molecular complexity index is 935. The van der Waals surface area contributed by atoms with Crippen molar-refractivity contribution in [3.8, 4) is 6.07 Å². The number of hydrogen-bond acceptors (Lipinski definition) is 4. The SMILES string of the molecule is N#C/C(=C/N1CCN(Cc2ccccc2)CC1)C(=O)N1CCC(Cc2ccccc2)CC1. The summed E-state index contributed by atoms with van der Waals surface area (Å²) in [5, 5.41) is 9.65. The average molecular weight is 429 g/mol. The number of nitrogens with zero attached hydrogens (tertiary/aromatic N) is 4. The molecule has 2 heterocycles. The highest BCUT2D eigenvalue weighted by Crippen LogP contribution is 2.23. The number of carbonyl (C=O) groups excluding carboxylic acids is 1. The van der Waals surface area contributed by atoms with E-state index in [1.54, 1.807) is 6.20 Å². The Morgan fingerprint density at radius 1 is 0.875 bits per heavy atom. The van der Waals surface area contributed by atoms with Gasteiger partial charge in [0.15, 0.2) is 0 Å². The maximum Gasteiger partial charge on any atom is 0.266 e. The molecule has 5 nitrogen and oxygen atoms in total. The van der Waals surface area contributed by atoms with Crippen molar-refractivity contribution in [2.24, 2.45) is 5.92 Å². The quantitative estimate of drug-likeness (QED) is 0.520. The molecule has 0 radical (unpaired) electrons. The van der Waals surface area contributed by atoms with Gasteiger partial charge in [0.05, 0.1) is 0 Å². The average Bonchev–Trinajstić information content (AvgIpc) is 2.85. The van der Waals surface area contributed by atoms with Gasteiger partial charge in [0.1, 0.15) is 11.6 Å². The van der Waals surface area contributed by atoms with Crippen molar-refractivity contribution in [3.05, 3.63) is 83.6 Å². The van der Waals surface area contributed by atoms with Gasteiger partial charge < -0.3 is 9.80 Å². The first-order valence-electron chi connectivity index (χ1n) is 11.7. The van der Waals surface area contributed by atoms with Gasteiger partial charge >= 0.3 is 0 Å². The summed E-state index contributed by atoms with van der Waals surface area (Å²) in [6.45, 7) is 5.96. The van der Waals surface area contributed by atoms with Crippen molar-refractivity contribution in [3.63, 3.8) is 0 Å². The van der Waals surface area contributed by atoms with E-state index in [1.165, 1.54) is 11.1 Å². The summed E-state index contributed by atoms with van der Waals surface area (Å²) in [6.07, 6.45) is 4.85. The number of benzene rings is 2. The number of amides is 1. The molecule has 32 heavy (non-hydrogen) atoms. The predicted molar refractivity (Wildman–Crippen MR) is 126 cm³/mol. The molecule has 4 rings (SSSR count). The van der Waals surface area contributed by atoms with Crippen LogP contribution in [-0.4, -0.2) is 59.9 Å². The zero-order chi connectivity index (χ0) is 22.2. The minimum Gasteiger partial charge on any atom is -0.374 e. The van der Waals surface area contributed by atoms with Gasteiger partial charge in [-0.2, -0.15) is 5.26 Å². The first kappa shape index (κ1) is 22.1. The lowest BCUT2D eigenvalue weighted by Crippen LogP contribution is -2.44. The lowest BCUT2D eigenvalue weighted by molar-refractivity contribution is -0.128. The van der Waals surface area contributed by atoms with Crippen LogP contribution in [0.1, 0.15) is 24.0 Å². The fourth-order valence-corrected chi connectivity index (χ4v) is 4.66. The van der Waals surface area contributed by atoms with Gasteiger partial charge in [0.25, 0.3) is 5.91 Å². The number of piperidine rings is 1. The second-order valence-corrected chi connectivity index (χ2v) is 8.88. The molecule has 0 atom stereocenters. The summed E-state index contributed by atoms with van der Waals surface area (Å²) in [6, 6.07) is 23.2. The monoisotopic (exact) mass is 428 g/mol. The molecule has 2 aromatic rings. The van der Waals surface area contributed by atoms with Crippen molar-refractivity contribution in [1.82, 2.24) is 14.7 Å². The molecule has 5 heteroatoms. The number of hydrogen-bond donors (Lipinski definition) is 0. The third-order valence-electron chi connectivity index (χ3n) is 6.59. The lowest BCUT2D eigenvalue weighted by atomic mass is 9.90. The normalized spacial score (nSPS) is 18.4. The zero-order valence-corrected chi connectivity index (χ0v) is 18.7. The van der Waals surface area contributed by atoms with E-state index in [9.17, 15) is 10.1 Å². The molecule has 0 spiro atoms. The van der Waals surface area contributed by atoms with Gasteiger partial charge in [-0.1, -0.05) is 60.7 Å². The van der Waals surface area contributed by atoms with Crippen LogP contribution >= 0.6 is 0 Å². The van der Waals surface area contributed by atoms with Crippen molar-refractivity contribution in [2.75, 3.05) is 39.3 Å². The Morgan fingerprint density at radius 2 is 1.47 bits per heavy atom. The van der Waals surface area contributed by atoms with Crippen molar-refractivity contribution >= 4 is 5.91 Å². The zero-order valence-electron chi connectivity index (χ0n) is 18.7. The largest absolute Gasteiger partial charge is 0.374 e. The molecule has 166 valence electrons. The summed E-state index contributed by atoms with van der Waals surface area (Å²) in [5.74, 6) is 0.492. The van der Waals surface area contributed by atoms with Crippen LogP contribution in [0.4, 0.5) is 0 Å². The summed E-state index contributed by atoms with van der Waals surface area (Å²) in [4.78, 5) is 19.4. The smallest absolute Gasteiger partial charge is 0.266 e.